The number of ether oxygens (including phenoxy) is 1. The molecule has 27 heavy (non-hydrogen) atoms. The molecular weight excluding hydrogens is 384 g/mol. The number of pyridine rings is 1. The second-order valence-electron chi connectivity index (χ2n) is 6.38. The number of nitrogens with zero attached hydrogens (tertiary/aromatic N) is 4. The fraction of sp³-hybridized carbons (Fsp3) is 0.333. The molecule has 0 bridgehead atoms. The number of thiocarbonyl (C=S) groups is 1. The minimum atomic E-state index is -0.202. The van der Waals surface area contributed by atoms with Gasteiger partial charge in [-0.15, -0.1) is 0 Å². The molecule has 9 heteroatoms. The Morgan fingerprint density at radius 1 is 1.30 bits per heavy atom. The molecule has 0 spiro atoms. The van der Waals surface area contributed by atoms with E-state index in [4.69, 9.17) is 21.9 Å². The quantitative estimate of drug-likeness (QED) is 0.559. The number of fused-ring (bicyclic) bond motifs is 1. The zero-order valence-electron chi connectivity index (χ0n) is 15.0. The second kappa shape index (κ2) is 7.06. The zero-order chi connectivity index (χ0) is 19.1. The van der Waals surface area contributed by atoms with E-state index in [1.807, 2.05) is 24.0 Å². The van der Waals surface area contributed by atoms with E-state index < -0.39 is 0 Å². The van der Waals surface area contributed by atoms with Gasteiger partial charge in [-0.05, 0) is 24.6 Å². The van der Waals surface area contributed by atoms with Gasteiger partial charge in [-0.3, -0.25) is 18.9 Å². The summed E-state index contributed by atoms with van der Waals surface area (Å²) >= 11 is 6.40. The molecule has 0 saturated carbocycles. The van der Waals surface area contributed by atoms with Gasteiger partial charge >= 0.3 is 0 Å². The summed E-state index contributed by atoms with van der Waals surface area (Å²) in [5.41, 5.74) is 1.72. The molecule has 0 aliphatic carbocycles. The number of aryl methyl sites for hydroxylation is 1. The van der Waals surface area contributed by atoms with E-state index in [9.17, 15) is 9.59 Å². The highest BCUT2D eigenvalue weighted by molar-refractivity contribution is 8.26. The molecule has 140 valence electrons. The Labute approximate surface area is 165 Å². The number of likely N-dealkylation sites (N-methyl/N-ethyl adjacent to an activating group) is 1. The average Bonchev–Trinajstić information content (AvgIpc) is 2.92. The monoisotopic (exact) mass is 402 g/mol. The van der Waals surface area contributed by atoms with Gasteiger partial charge in [0.05, 0.1) is 23.7 Å². The van der Waals surface area contributed by atoms with Gasteiger partial charge in [0.25, 0.3) is 11.5 Å². The minimum Gasteiger partial charge on any atom is -0.378 e. The maximum atomic E-state index is 13.3. The Kier molecular flexibility index (Phi) is 4.75. The van der Waals surface area contributed by atoms with Gasteiger partial charge < -0.3 is 9.64 Å². The van der Waals surface area contributed by atoms with Gasteiger partial charge in [0.15, 0.2) is 0 Å². The van der Waals surface area contributed by atoms with Crippen molar-refractivity contribution in [2.24, 2.45) is 0 Å². The normalized spacial score (nSPS) is 19.6. The lowest BCUT2D eigenvalue weighted by Crippen LogP contribution is -2.38. The van der Waals surface area contributed by atoms with Crippen molar-refractivity contribution >= 4 is 51.7 Å². The molecule has 2 saturated heterocycles. The molecule has 0 radical (unpaired) electrons. The van der Waals surface area contributed by atoms with Crippen LogP contribution >= 0.6 is 24.0 Å². The van der Waals surface area contributed by atoms with Gasteiger partial charge in [0, 0.05) is 26.3 Å². The fourth-order valence-electron chi connectivity index (χ4n) is 3.12. The molecule has 2 aliphatic rings. The number of amides is 1. The van der Waals surface area contributed by atoms with Crippen LogP contribution in [0.25, 0.3) is 11.7 Å². The smallest absolute Gasteiger partial charge is 0.267 e. The Morgan fingerprint density at radius 3 is 2.70 bits per heavy atom. The first-order valence-electron chi connectivity index (χ1n) is 8.53. The summed E-state index contributed by atoms with van der Waals surface area (Å²) in [5.74, 6) is 0.380. The first-order valence-corrected chi connectivity index (χ1v) is 9.76. The van der Waals surface area contributed by atoms with E-state index in [1.54, 1.807) is 19.3 Å². The number of hydrogen-bond donors (Lipinski definition) is 0. The standard InChI is InChI=1S/C18H18N4O3S2/c1-11-4-3-5-22-14(11)19-15(21-6-8-25-9-7-21)12(16(22)23)10-13-17(24)20(2)18(26)27-13/h3-5,10H,6-9H2,1-2H3/b13-10-. The molecule has 2 aliphatic heterocycles. The number of aromatic nitrogens is 2. The Balaban J connectivity index is 1.95. The van der Waals surface area contributed by atoms with Crippen molar-refractivity contribution in [2.45, 2.75) is 6.92 Å². The van der Waals surface area contributed by atoms with Crippen LogP contribution in [0.2, 0.25) is 0 Å². The summed E-state index contributed by atoms with van der Waals surface area (Å²) in [5, 5.41) is 0. The van der Waals surface area contributed by atoms with E-state index in [-0.39, 0.29) is 11.5 Å². The van der Waals surface area contributed by atoms with Crippen molar-refractivity contribution in [3.05, 3.63) is 44.7 Å². The summed E-state index contributed by atoms with van der Waals surface area (Å²) in [6, 6.07) is 3.74. The lowest BCUT2D eigenvalue weighted by molar-refractivity contribution is -0.121. The largest absolute Gasteiger partial charge is 0.378 e. The Bertz CT molecular complexity index is 1040. The third-order valence-corrected chi connectivity index (χ3v) is 6.12. The van der Waals surface area contributed by atoms with Gasteiger partial charge in [-0.1, -0.05) is 30.0 Å². The van der Waals surface area contributed by atoms with Crippen LogP contribution in [0.1, 0.15) is 11.1 Å². The van der Waals surface area contributed by atoms with Crippen molar-refractivity contribution in [3.8, 4) is 0 Å². The molecular formula is C18H18N4O3S2. The fourth-order valence-corrected chi connectivity index (χ4v) is 4.28. The third-order valence-electron chi connectivity index (χ3n) is 4.64. The van der Waals surface area contributed by atoms with Crippen molar-refractivity contribution < 1.29 is 9.53 Å². The Morgan fingerprint density at radius 2 is 2.04 bits per heavy atom. The average molecular weight is 403 g/mol. The summed E-state index contributed by atoms with van der Waals surface area (Å²) < 4.78 is 7.43. The van der Waals surface area contributed by atoms with Crippen LogP contribution in [0.4, 0.5) is 5.82 Å². The van der Waals surface area contributed by atoms with Crippen LogP contribution in [0.15, 0.2) is 28.0 Å². The summed E-state index contributed by atoms with van der Waals surface area (Å²) in [4.78, 5) is 34.3. The van der Waals surface area contributed by atoms with Gasteiger partial charge in [0.1, 0.15) is 15.8 Å². The number of morpholine rings is 1. The first kappa shape index (κ1) is 18.1. The van der Waals surface area contributed by atoms with E-state index in [0.29, 0.717) is 52.6 Å². The molecule has 0 atom stereocenters. The number of carbonyl (C=O) groups is 1. The maximum Gasteiger partial charge on any atom is 0.267 e. The highest BCUT2D eigenvalue weighted by Crippen LogP contribution is 2.32. The molecule has 0 unspecified atom stereocenters. The van der Waals surface area contributed by atoms with Crippen LogP contribution in [0, 0.1) is 6.92 Å². The molecule has 2 aromatic heterocycles. The zero-order valence-corrected chi connectivity index (χ0v) is 16.6. The van der Waals surface area contributed by atoms with Gasteiger partial charge in [-0.25, -0.2) is 4.98 Å². The van der Waals surface area contributed by atoms with Gasteiger partial charge in [0.2, 0.25) is 0 Å². The van der Waals surface area contributed by atoms with Crippen LogP contribution in [-0.4, -0.2) is 57.9 Å². The molecule has 1 amide bonds. The lowest BCUT2D eigenvalue weighted by atomic mass is 10.2. The van der Waals surface area contributed by atoms with Crippen LogP contribution in [0.5, 0.6) is 0 Å². The SMILES string of the molecule is Cc1cccn2c(=O)c(/C=C3\SC(=S)N(C)C3=O)c(N3CCOCC3)nc12. The van der Waals surface area contributed by atoms with Crippen LogP contribution < -0.4 is 10.5 Å². The molecule has 2 fully saturated rings. The number of anilines is 1. The van der Waals surface area contributed by atoms with Crippen LogP contribution in [-0.2, 0) is 9.53 Å². The number of hydrogen-bond acceptors (Lipinski definition) is 7. The summed E-state index contributed by atoms with van der Waals surface area (Å²) in [7, 11) is 1.64. The van der Waals surface area contributed by atoms with E-state index >= 15 is 0 Å². The van der Waals surface area contributed by atoms with E-state index in [1.165, 1.54) is 21.1 Å². The van der Waals surface area contributed by atoms with Crippen molar-refractivity contribution in [1.82, 2.24) is 14.3 Å². The highest BCUT2D eigenvalue weighted by Gasteiger charge is 2.30. The maximum absolute atomic E-state index is 13.3. The number of thioether (sulfide) groups is 1. The second-order valence-corrected chi connectivity index (χ2v) is 8.05. The summed E-state index contributed by atoms with van der Waals surface area (Å²) in [6.45, 7) is 4.36. The van der Waals surface area contributed by atoms with E-state index in [0.717, 1.165) is 5.56 Å². The predicted molar refractivity (Wildman–Crippen MR) is 110 cm³/mol. The molecule has 0 N–H and O–H groups in total. The molecule has 7 nitrogen and oxygen atoms in total. The summed E-state index contributed by atoms with van der Waals surface area (Å²) in [6.07, 6.45) is 3.32. The van der Waals surface area contributed by atoms with Gasteiger partial charge in [-0.2, -0.15) is 0 Å². The van der Waals surface area contributed by atoms with Crippen molar-refractivity contribution in [2.75, 3.05) is 38.3 Å². The van der Waals surface area contributed by atoms with Crippen molar-refractivity contribution in [3.63, 3.8) is 0 Å². The first-order chi connectivity index (χ1) is 13.0. The molecule has 4 heterocycles. The van der Waals surface area contributed by atoms with Crippen molar-refractivity contribution in [1.29, 1.82) is 0 Å². The molecule has 2 aromatic rings. The number of rotatable bonds is 2. The molecule has 4 rings (SSSR count). The Hall–Kier alpha value is -2.23. The minimum absolute atomic E-state index is 0.202. The van der Waals surface area contributed by atoms with E-state index in [2.05, 4.69) is 0 Å². The lowest BCUT2D eigenvalue weighted by Gasteiger charge is -2.29. The highest BCUT2D eigenvalue weighted by atomic mass is 32.2. The number of carbonyl (C=O) groups excluding carboxylic acids is 1. The topological polar surface area (TPSA) is 67.2 Å². The predicted octanol–water partition coefficient (Wildman–Crippen LogP) is 1.67. The van der Waals surface area contributed by atoms with Crippen LogP contribution in [0.3, 0.4) is 0 Å². The third kappa shape index (κ3) is 3.15. The molecule has 0 aromatic carbocycles.